The Balaban J connectivity index is 0. The van der Waals surface area contributed by atoms with E-state index in [0.717, 1.165) is 0 Å². The average molecular weight is 216 g/mol. The molecule has 1 radical (unpaired) electrons. The van der Waals surface area contributed by atoms with Crippen molar-refractivity contribution in [1.29, 1.82) is 0 Å². The summed E-state index contributed by atoms with van der Waals surface area (Å²) in [5.74, 6) is 0. The van der Waals surface area contributed by atoms with Gasteiger partial charge in [0.2, 0.25) is 0 Å². The quantitative estimate of drug-likeness (QED) is 0.331. The summed E-state index contributed by atoms with van der Waals surface area (Å²) in [6.07, 6.45) is 0. The van der Waals surface area contributed by atoms with Gasteiger partial charge in [0.05, 0.1) is 0 Å². The molecule has 0 bridgehead atoms. The first-order chi connectivity index (χ1) is 2.00. The minimum absolute atomic E-state index is 0. The molecular weight excluding hydrogens is 215 g/mol. The molecule has 0 aliphatic heterocycles. The molecule has 0 atom stereocenters. The maximum Gasteiger partial charge on any atom is 0 e. The topological polar surface area (TPSA) is 0 Å². The summed E-state index contributed by atoms with van der Waals surface area (Å²) in [7, 11) is -6.61. The van der Waals surface area contributed by atoms with E-state index in [0.29, 0.717) is 0 Å². The van der Waals surface area contributed by atoms with E-state index >= 15 is 0 Å². The van der Waals surface area contributed by atoms with Crippen molar-refractivity contribution in [2.45, 2.75) is 0 Å². The molecule has 0 aliphatic carbocycles. The fraction of sp³-hybridized carbons (Fsp3) is 0. The van der Waals surface area contributed by atoms with Gasteiger partial charge in [0, 0.05) is 22.4 Å². The van der Waals surface area contributed by atoms with Crippen molar-refractivity contribution in [3.63, 3.8) is 0 Å². The van der Waals surface area contributed by atoms with Gasteiger partial charge in [0.25, 0.3) is 0 Å². The van der Waals surface area contributed by atoms with Gasteiger partial charge in [-0.2, -0.15) is 0 Å². The molecule has 0 fully saturated rings. The predicted molar refractivity (Wildman–Crippen MR) is 12.7 cm³/mol. The first kappa shape index (κ1) is 10.00. The van der Waals surface area contributed by atoms with Crippen LogP contribution in [0.3, 0.4) is 0 Å². The molecule has 0 heterocycles. The van der Waals surface area contributed by atoms with Crippen molar-refractivity contribution in [3.05, 3.63) is 0 Å². The van der Waals surface area contributed by atoms with Gasteiger partial charge in [0.1, 0.15) is 0 Å². The van der Waals surface area contributed by atoms with Gasteiger partial charge >= 0.3 is 25.3 Å². The summed E-state index contributed by atoms with van der Waals surface area (Å²) < 4.78 is 39.3. The van der Waals surface area contributed by atoms with E-state index in [-0.39, 0.29) is 22.4 Å². The largest absolute Gasteiger partial charge is 0 e. The van der Waals surface area contributed by atoms with Crippen LogP contribution in [0.15, 0.2) is 0 Å². The summed E-state index contributed by atoms with van der Waals surface area (Å²) >= 11 is 0. The van der Waals surface area contributed by atoms with Crippen molar-refractivity contribution < 1.29 is 39.2 Å². The summed E-state index contributed by atoms with van der Waals surface area (Å²) in [6.45, 7) is 0. The van der Waals surface area contributed by atoms with Gasteiger partial charge in [-0.1, -0.05) is 0 Å². The van der Waals surface area contributed by atoms with Gasteiger partial charge in [-0.05, 0) is 0 Å². The molecule has 6 heavy (non-hydrogen) atoms. The molecule has 6 heteroatoms. The van der Waals surface area contributed by atoms with Gasteiger partial charge in [-0.25, -0.2) is 0 Å². The van der Waals surface area contributed by atoms with Crippen LogP contribution in [0.4, 0.5) is 16.8 Å². The van der Waals surface area contributed by atoms with E-state index in [2.05, 4.69) is 0 Å². The summed E-state index contributed by atoms with van der Waals surface area (Å²) in [5, 5.41) is 0. The van der Waals surface area contributed by atoms with Crippen LogP contribution >= 0.6 is 8.51 Å². The third kappa shape index (κ3) is 93.4. The van der Waals surface area contributed by atoms with Crippen LogP contribution in [-0.2, 0) is 22.4 Å². The average Bonchev–Trinajstić information content (AvgIpc) is 0.722. The Morgan fingerprint density at radius 2 is 0.833 bits per heavy atom. The molecule has 0 saturated heterocycles. The van der Waals surface area contributed by atoms with Gasteiger partial charge < -0.3 is 0 Å². The molecule has 45 valence electrons. The fourth-order valence-electron chi connectivity index (χ4n) is 0. The van der Waals surface area contributed by atoms with E-state index in [4.69, 9.17) is 0 Å². The Morgan fingerprint density at radius 1 is 0.833 bits per heavy atom. The first-order valence-corrected chi connectivity index (χ1v) is 2.27. The Bertz CT molecular complexity index is 23.0. The Morgan fingerprint density at radius 3 is 0.833 bits per heavy atom. The minimum atomic E-state index is -6.61. The molecule has 0 aromatic rings. The zero-order valence-corrected chi connectivity index (χ0v) is 4.80. The molecule has 0 aliphatic rings. The third-order valence-corrected chi connectivity index (χ3v) is 0. The van der Waals surface area contributed by atoms with Crippen molar-refractivity contribution in [1.82, 2.24) is 0 Å². The van der Waals surface area contributed by atoms with Crippen LogP contribution in [0, 0.1) is 0 Å². The molecule has 0 N–H and O–H groups in total. The zero-order chi connectivity index (χ0) is 4.50. The molecule has 0 saturated carbocycles. The van der Waals surface area contributed by atoms with Crippen LogP contribution < -0.4 is 0 Å². The smallest absolute Gasteiger partial charge is 0 e. The van der Waals surface area contributed by atoms with Crippen LogP contribution in [0.1, 0.15) is 0 Å². The zero-order valence-electron chi connectivity index (χ0n) is 2.31. The standard InChI is InChI=1S/Ag.F4HP/c;1-5(2,3)4/h;5H. The number of halogens is 4. The monoisotopic (exact) mass is 215 g/mol. The third-order valence-electron chi connectivity index (χ3n) is 0. The second kappa shape index (κ2) is 2.97. The second-order valence-corrected chi connectivity index (χ2v) is 1.29. The predicted octanol–water partition coefficient (Wildman–Crippen LogP) is 2.27. The van der Waals surface area contributed by atoms with Crippen molar-refractivity contribution in [2.24, 2.45) is 0 Å². The molecule has 0 aromatic heterocycles. The molecule has 0 nitrogen and oxygen atoms in total. The van der Waals surface area contributed by atoms with E-state index in [1.54, 1.807) is 0 Å². The Labute approximate surface area is 48.2 Å². The molecule has 0 aromatic carbocycles. The van der Waals surface area contributed by atoms with Crippen molar-refractivity contribution >= 4 is 8.51 Å². The first-order valence-electron chi connectivity index (χ1n) is 0.756. The fourth-order valence-corrected chi connectivity index (χ4v) is 0. The van der Waals surface area contributed by atoms with Gasteiger partial charge in [0.15, 0.2) is 0 Å². The van der Waals surface area contributed by atoms with Crippen LogP contribution in [-0.4, -0.2) is 0 Å². The van der Waals surface area contributed by atoms with Crippen LogP contribution in [0.2, 0.25) is 0 Å². The van der Waals surface area contributed by atoms with E-state index in [1.807, 2.05) is 0 Å². The molecule has 0 rings (SSSR count). The Kier molecular flexibility index (Phi) is 4.94. The van der Waals surface area contributed by atoms with E-state index in [1.165, 1.54) is 0 Å². The Hall–Kier alpha value is 0.890. The molecule has 0 amide bonds. The number of hydrogen-bond donors (Lipinski definition) is 0. The van der Waals surface area contributed by atoms with E-state index < -0.39 is 8.51 Å². The minimum Gasteiger partial charge on any atom is 0 e. The normalized spacial score (nSPS) is 12.7. The van der Waals surface area contributed by atoms with Crippen LogP contribution in [0.25, 0.3) is 0 Å². The summed E-state index contributed by atoms with van der Waals surface area (Å²) in [5.41, 5.74) is 0. The number of hydrogen-bond acceptors (Lipinski definition) is 0. The second-order valence-electron chi connectivity index (χ2n) is 0.429. The summed E-state index contributed by atoms with van der Waals surface area (Å²) in [4.78, 5) is 0. The molecule has 0 spiro atoms. The number of rotatable bonds is 0. The molecular formula is HAgF4P. The van der Waals surface area contributed by atoms with Gasteiger partial charge in [-0.3, -0.25) is 0 Å². The van der Waals surface area contributed by atoms with Crippen LogP contribution in [0.5, 0.6) is 0 Å². The molecule has 0 unspecified atom stereocenters. The van der Waals surface area contributed by atoms with Crippen molar-refractivity contribution in [2.75, 3.05) is 0 Å². The van der Waals surface area contributed by atoms with Gasteiger partial charge in [-0.15, -0.1) is 0 Å². The van der Waals surface area contributed by atoms with Crippen molar-refractivity contribution in [3.8, 4) is 0 Å². The summed E-state index contributed by atoms with van der Waals surface area (Å²) in [6, 6.07) is 0. The maximum atomic E-state index is 9.83. The maximum absolute atomic E-state index is 9.83. The SMILES string of the molecule is F[PH](F)(F)F.[Ag]. The van der Waals surface area contributed by atoms with E-state index in [9.17, 15) is 16.8 Å².